The fourth-order valence-electron chi connectivity index (χ4n) is 2.11. The van der Waals surface area contributed by atoms with Crippen molar-refractivity contribution in [3.05, 3.63) is 0 Å². The lowest BCUT2D eigenvalue weighted by molar-refractivity contribution is 0.153. The normalized spacial score (nSPS) is 16.1. The molecule has 0 aromatic heterocycles. The number of rotatable bonds is 4. The third-order valence-corrected chi connectivity index (χ3v) is 3.15. The van der Waals surface area contributed by atoms with E-state index in [1.807, 2.05) is 6.92 Å². The van der Waals surface area contributed by atoms with Crippen LogP contribution in [0.2, 0.25) is 0 Å². The number of nitrogens with one attached hydrogen (secondary N) is 1. The van der Waals surface area contributed by atoms with Crippen molar-refractivity contribution in [3.8, 4) is 0 Å². The molecule has 16 heavy (non-hydrogen) atoms. The molecule has 1 fully saturated rings. The quantitative estimate of drug-likeness (QED) is 0.559. The Morgan fingerprint density at radius 3 is 2.44 bits per heavy atom. The molecule has 2 amide bonds. The van der Waals surface area contributed by atoms with Crippen LogP contribution < -0.4 is 5.73 Å². The van der Waals surface area contributed by atoms with Crippen molar-refractivity contribution in [1.82, 2.24) is 9.80 Å². The summed E-state index contributed by atoms with van der Waals surface area (Å²) in [4.78, 5) is 15.5. The van der Waals surface area contributed by atoms with E-state index in [0.29, 0.717) is 6.54 Å². The molecule has 1 rings (SSSR count). The van der Waals surface area contributed by atoms with Crippen LogP contribution >= 0.6 is 0 Å². The van der Waals surface area contributed by atoms with E-state index in [2.05, 4.69) is 0 Å². The Morgan fingerprint density at radius 2 is 2.00 bits per heavy atom. The van der Waals surface area contributed by atoms with Crippen molar-refractivity contribution < 1.29 is 4.79 Å². The van der Waals surface area contributed by atoms with Gasteiger partial charge in [-0.3, -0.25) is 5.41 Å². The summed E-state index contributed by atoms with van der Waals surface area (Å²) in [5, 5.41) is 7.35. The number of nitrogens with zero attached hydrogens (tertiary/aromatic N) is 2. The lowest BCUT2D eigenvalue weighted by atomic mass is 10.2. The second-order valence-electron chi connectivity index (χ2n) is 4.39. The van der Waals surface area contributed by atoms with Crippen LogP contribution in [-0.2, 0) is 0 Å². The predicted octanol–water partition coefficient (Wildman–Crippen LogP) is 1.24. The highest BCUT2D eigenvalue weighted by Crippen LogP contribution is 2.24. The van der Waals surface area contributed by atoms with Crippen LogP contribution in [-0.4, -0.2) is 47.8 Å². The summed E-state index contributed by atoms with van der Waals surface area (Å²) in [6, 6.07) is 0.259. The maximum absolute atomic E-state index is 12.1. The first-order valence-corrected chi connectivity index (χ1v) is 5.91. The third kappa shape index (κ3) is 3.12. The van der Waals surface area contributed by atoms with E-state index in [4.69, 9.17) is 11.1 Å². The summed E-state index contributed by atoms with van der Waals surface area (Å²) in [6.07, 6.45) is 4.41. The number of amidine groups is 1. The summed E-state index contributed by atoms with van der Waals surface area (Å²) in [7, 11) is 1.78. The fourth-order valence-corrected chi connectivity index (χ4v) is 2.11. The molecule has 0 heterocycles. The molecule has 3 N–H and O–H groups in total. The molecule has 1 saturated carbocycles. The monoisotopic (exact) mass is 226 g/mol. The second kappa shape index (κ2) is 5.72. The van der Waals surface area contributed by atoms with Crippen LogP contribution in [0.25, 0.3) is 0 Å². The van der Waals surface area contributed by atoms with Crippen molar-refractivity contribution in [2.45, 2.75) is 38.6 Å². The molecule has 0 spiro atoms. The zero-order chi connectivity index (χ0) is 12.1. The topological polar surface area (TPSA) is 73.4 Å². The Kier molecular flexibility index (Phi) is 4.58. The van der Waals surface area contributed by atoms with E-state index >= 15 is 0 Å². The largest absolute Gasteiger partial charge is 0.386 e. The Labute approximate surface area is 97.1 Å². The van der Waals surface area contributed by atoms with Crippen molar-refractivity contribution in [1.29, 1.82) is 5.41 Å². The third-order valence-electron chi connectivity index (χ3n) is 3.15. The van der Waals surface area contributed by atoms with Gasteiger partial charge in [0.05, 0.1) is 6.54 Å². The van der Waals surface area contributed by atoms with E-state index in [9.17, 15) is 4.79 Å². The molecule has 5 nitrogen and oxygen atoms in total. The van der Waals surface area contributed by atoms with E-state index in [1.54, 1.807) is 16.8 Å². The van der Waals surface area contributed by atoms with E-state index < -0.39 is 0 Å². The van der Waals surface area contributed by atoms with Crippen LogP contribution in [0.4, 0.5) is 4.79 Å². The van der Waals surface area contributed by atoms with Gasteiger partial charge in [-0.15, -0.1) is 0 Å². The molecule has 0 aromatic rings. The van der Waals surface area contributed by atoms with Crippen molar-refractivity contribution >= 4 is 11.9 Å². The van der Waals surface area contributed by atoms with Gasteiger partial charge in [0.2, 0.25) is 0 Å². The minimum absolute atomic E-state index is 0.00963. The first-order valence-electron chi connectivity index (χ1n) is 5.91. The highest BCUT2D eigenvalue weighted by atomic mass is 16.2. The van der Waals surface area contributed by atoms with Crippen LogP contribution in [0.5, 0.6) is 0 Å². The van der Waals surface area contributed by atoms with Gasteiger partial charge in [-0.25, -0.2) is 4.79 Å². The average molecular weight is 226 g/mol. The summed E-state index contributed by atoms with van der Waals surface area (Å²) in [6.45, 7) is 2.88. The lowest BCUT2D eigenvalue weighted by Gasteiger charge is -2.32. The van der Waals surface area contributed by atoms with E-state index in [1.165, 1.54) is 12.8 Å². The zero-order valence-electron chi connectivity index (χ0n) is 10.2. The van der Waals surface area contributed by atoms with Crippen molar-refractivity contribution in [2.75, 3.05) is 20.1 Å². The molecule has 0 bridgehead atoms. The predicted molar refractivity (Wildman–Crippen MR) is 64.6 cm³/mol. The van der Waals surface area contributed by atoms with Crippen LogP contribution in [0.3, 0.4) is 0 Å². The van der Waals surface area contributed by atoms with Gasteiger partial charge in [0, 0.05) is 19.6 Å². The Balaban J connectivity index is 2.69. The molecule has 1 aliphatic carbocycles. The molecular weight excluding hydrogens is 204 g/mol. The van der Waals surface area contributed by atoms with Crippen LogP contribution in [0, 0.1) is 5.41 Å². The summed E-state index contributed by atoms with van der Waals surface area (Å²) in [5.41, 5.74) is 5.41. The SMILES string of the molecule is CCN(C)C(=O)N(CC(=N)N)C1CCCC1. The number of hydrogen-bond acceptors (Lipinski definition) is 2. The molecule has 0 radical (unpaired) electrons. The molecule has 1 aliphatic rings. The van der Waals surface area contributed by atoms with Gasteiger partial charge in [0.15, 0.2) is 0 Å². The fraction of sp³-hybridized carbons (Fsp3) is 0.818. The second-order valence-corrected chi connectivity index (χ2v) is 4.39. The Morgan fingerprint density at radius 1 is 1.44 bits per heavy atom. The van der Waals surface area contributed by atoms with Gasteiger partial charge in [-0.1, -0.05) is 12.8 Å². The molecule has 5 heteroatoms. The molecule has 0 aromatic carbocycles. The van der Waals surface area contributed by atoms with Gasteiger partial charge in [-0.2, -0.15) is 0 Å². The first-order chi connectivity index (χ1) is 7.56. The van der Waals surface area contributed by atoms with Gasteiger partial charge >= 0.3 is 6.03 Å². The van der Waals surface area contributed by atoms with Gasteiger partial charge in [0.25, 0.3) is 0 Å². The minimum Gasteiger partial charge on any atom is -0.386 e. The maximum atomic E-state index is 12.1. The highest BCUT2D eigenvalue weighted by molar-refractivity contribution is 5.84. The van der Waals surface area contributed by atoms with Gasteiger partial charge in [-0.05, 0) is 19.8 Å². The van der Waals surface area contributed by atoms with Gasteiger partial charge in [0.1, 0.15) is 5.84 Å². The Hall–Kier alpha value is -1.26. The first kappa shape index (κ1) is 12.8. The molecule has 0 saturated heterocycles. The number of urea groups is 1. The summed E-state index contributed by atoms with van der Waals surface area (Å²) < 4.78 is 0. The maximum Gasteiger partial charge on any atom is 0.320 e. The number of carbonyl (C=O) groups is 1. The molecular formula is C11H22N4O. The van der Waals surface area contributed by atoms with E-state index in [0.717, 1.165) is 12.8 Å². The zero-order valence-corrected chi connectivity index (χ0v) is 10.2. The number of hydrogen-bond donors (Lipinski definition) is 2. The average Bonchev–Trinajstić information content (AvgIpc) is 2.76. The molecule has 0 unspecified atom stereocenters. The van der Waals surface area contributed by atoms with Crippen molar-refractivity contribution in [2.24, 2.45) is 5.73 Å². The summed E-state index contributed by atoms with van der Waals surface area (Å²) >= 11 is 0. The summed E-state index contributed by atoms with van der Waals surface area (Å²) in [5.74, 6) is 0.0600. The highest BCUT2D eigenvalue weighted by Gasteiger charge is 2.28. The van der Waals surface area contributed by atoms with Crippen molar-refractivity contribution in [3.63, 3.8) is 0 Å². The Bertz CT molecular complexity index is 261. The molecule has 0 aliphatic heterocycles. The van der Waals surface area contributed by atoms with Crippen LogP contribution in [0.1, 0.15) is 32.6 Å². The lowest BCUT2D eigenvalue weighted by Crippen LogP contribution is -2.49. The minimum atomic E-state index is -0.00963. The smallest absolute Gasteiger partial charge is 0.320 e. The standard InChI is InChI=1S/C11H22N4O/c1-3-14(2)11(16)15(8-10(12)13)9-6-4-5-7-9/h9H,3-8H2,1-2H3,(H3,12,13). The molecule has 92 valence electrons. The number of carbonyl (C=O) groups excluding carboxylic acids is 1. The number of amides is 2. The molecule has 0 atom stereocenters. The van der Waals surface area contributed by atoms with E-state index in [-0.39, 0.29) is 24.5 Å². The van der Waals surface area contributed by atoms with Gasteiger partial charge < -0.3 is 15.5 Å². The van der Waals surface area contributed by atoms with Crippen LogP contribution in [0.15, 0.2) is 0 Å². The number of nitrogens with two attached hydrogens (primary N) is 1.